The summed E-state index contributed by atoms with van der Waals surface area (Å²) in [5.41, 5.74) is -0.714. The van der Waals surface area contributed by atoms with Crippen molar-refractivity contribution in [2.75, 3.05) is 0 Å². The van der Waals surface area contributed by atoms with Crippen molar-refractivity contribution in [1.82, 2.24) is 0 Å². The van der Waals surface area contributed by atoms with Gasteiger partial charge in [0.25, 0.3) is 0 Å². The Morgan fingerprint density at radius 3 is 2.44 bits per heavy atom. The highest BCUT2D eigenvalue weighted by Gasteiger charge is 2.42. The van der Waals surface area contributed by atoms with Crippen molar-refractivity contribution in [1.29, 1.82) is 0 Å². The second kappa shape index (κ2) is 2.27. The van der Waals surface area contributed by atoms with Gasteiger partial charge < -0.3 is 10.2 Å². The number of rotatable bonds is 2. The first kappa shape index (κ1) is 7.03. The lowest BCUT2D eigenvalue weighted by Gasteiger charge is -2.42. The molecule has 2 N–H and O–H groups in total. The molecule has 0 bridgehead atoms. The summed E-state index contributed by atoms with van der Waals surface area (Å²) in [6.45, 7) is 2.02. The molecule has 1 fully saturated rings. The fraction of sp³-hybridized carbons (Fsp3) is 1.00. The van der Waals surface area contributed by atoms with Gasteiger partial charge in [-0.05, 0) is 19.3 Å². The molecular formula is C7H14O2. The Kier molecular flexibility index (Phi) is 1.78. The average Bonchev–Trinajstić information content (AvgIpc) is 1.86. The topological polar surface area (TPSA) is 40.5 Å². The van der Waals surface area contributed by atoms with E-state index in [2.05, 4.69) is 0 Å². The third-order valence-corrected chi connectivity index (χ3v) is 2.15. The fourth-order valence-corrected chi connectivity index (χ4v) is 1.33. The zero-order valence-electron chi connectivity index (χ0n) is 5.80. The summed E-state index contributed by atoms with van der Waals surface area (Å²) in [5, 5.41) is 18.5. The van der Waals surface area contributed by atoms with E-state index in [4.69, 9.17) is 5.11 Å². The predicted octanol–water partition coefficient (Wildman–Crippen LogP) is 0.672. The second-order valence-electron chi connectivity index (χ2n) is 2.91. The van der Waals surface area contributed by atoms with Crippen LogP contribution in [-0.4, -0.2) is 21.9 Å². The van der Waals surface area contributed by atoms with Gasteiger partial charge in [-0.15, -0.1) is 0 Å². The fourth-order valence-electron chi connectivity index (χ4n) is 1.33. The number of aliphatic hydroxyl groups excluding tert-OH is 1. The maximum Gasteiger partial charge on any atom is 0.0906 e. The van der Waals surface area contributed by atoms with E-state index < -0.39 is 11.7 Å². The summed E-state index contributed by atoms with van der Waals surface area (Å²) in [7, 11) is 0. The van der Waals surface area contributed by atoms with Gasteiger partial charge in [0.2, 0.25) is 0 Å². The van der Waals surface area contributed by atoms with Crippen LogP contribution in [0, 0.1) is 0 Å². The van der Waals surface area contributed by atoms with E-state index in [1.807, 2.05) is 6.92 Å². The minimum atomic E-state index is -0.714. The van der Waals surface area contributed by atoms with Crippen molar-refractivity contribution in [3.63, 3.8) is 0 Å². The molecule has 1 aliphatic rings. The maximum atomic E-state index is 9.43. The highest BCUT2D eigenvalue weighted by atomic mass is 16.3. The molecule has 0 aromatic carbocycles. The number of hydrogen-bond acceptors (Lipinski definition) is 2. The van der Waals surface area contributed by atoms with Crippen LogP contribution in [0.5, 0.6) is 0 Å². The molecule has 2 atom stereocenters. The SMILES string of the molecule is CCCC1(O)CCC1O. The van der Waals surface area contributed by atoms with Crippen LogP contribution < -0.4 is 0 Å². The van der Waals surface area contributed by atoms with Crippen LogP contribution in [0.4, 0.5) is 0 Å². The summed E-state index contributed by atoms with van der Waals surface area (Å²) in [6, 6.07) is 0. The highest BCUT2D eigenvalue weighted by Crippen LogP contribution is 2.35. The molecule has 0 saturated heterocycles. The molecule has 0 aromatic rings. The highest BCUT2D eigenvalue weighted by molar-refractivity contribution is 4.95. The quantitative estimate of drug-likeness (QED) is 0.577. The van der Waals surface area contributed by atoms with Gasteiger partial charge in [0.1, 0.15) is 0 Å². The van der Waals surface area contributed by atoms with Crippen molar-refractivity contribution >= 4 is 0 Å². The van der Waals surface area contributed by atoms with Crippen LogP contribution in [0.25, 0.3) is 0 Å². The summed E-state index contributed by atoms with van der Waals surface area (Å²) in [4.78, 5) is 0. The summed E-state index contributed by atoms with van der Waals surface area (Å²) in [5.74, 6) is 0. The summed E-state index contributed by atoms with van der Waals surface area (Å²) >= 11 is 0. The van der Waals surface area contributed by atoms with Crippen LogP contribution >= 0.6 is 0 Å². The van der Waals surface area contributed by atoms with E-state index >= 15 is 0 Å². The summed E-state index contributed by atoms with van der Waals surface area (Å²) < 4.78 is 0. The van der Waals surface area contributed by atoms with E-state index in [1.165, 1.54) is 0 Å². The minimum Gasteiger partial charge on any atom is -0.390 e. The van der Waals surface area contributed by atoms with Gasteiger partial charge in [0.15, 0.2) is 0 Å². The average molecular weight is 130 g/mol. The molecule has 2 unspecified atom stereocenters. The summed E-state index contributed by atoms with van der Waals surface area (Å²) in [6.07, 6.45) is 2.80. The Labute approximate surface area is 55.5 Å². The van der Waals surface area contributed by atoms with E-state index in [0.29, 0.717) is 0 Å². The normalized spacial score (nSPS) is 42.3. The lowest BCUT2D eigenvalue weighted by atomic mass is 9.74. The van der Waals surface area contributed by atoms with E-state index in [9.17, 15) is 5.11 Å². The van der Waals surface area contributed by atoms with Crippen LogP contribution in [-0.2, 0) is 0 Å². The third-order valence-electron chi connectivity index (χ3n) is 2.15. The Hall–Kier alpha value is -0.0800. The molecule has 0 amide bonds. The van der Waals surface area contributed by atoms with Crippen LogP contribution in [0.1, 0.15) is 32.6 Å². The Bertz CT molecular complexity index is 103. The van der Waals surface area contributed by atoms with Gasteiger partial charge in [-0.2, -0.15) is 0 Å². The van der Waals surface area contributed by atoms with E-state index in [1.54, 1.807) is 0 Å². The molecule has 0 aliphatic heterocycles. The zero-order chi connectivity index (χ0) is 6.91. The molecule has 1 rings (SSSR count). The van der Waals surface area contributed by atoms with Gasteiger partial charge >= 0.3 is 0 Å². The second-order valence-corrected chi connectivity index (χ2v) is 2.91. The van der Waals surface area contributed by atoms with Crippen molar-refractivity contribution in [2.24, 2.45) is 0 Å². The Morgan fingerprint density at radius 2 is 2.33 bits per heavy atom. The smallest absolute Gasteiger partial charge is 0.0906 e. The molecule has 2 heteroatoms. The van der Waals surface area contributed by atoms with Crippen LogP contribution in [0.15, 0.2) is 0 Å². The number of hydrogen-bond donors (Lipinski definition) is 2. The molecule has 0 heterocycles. The van der Waals surface area contributed by atoms with Gasteiger partial charge in [-0.25, -0.2) is 0 Å². The molecule has 9 heavy (non-hydrogen) atoms. The van der Waals surface area contributed by atoms with Crippen LogP contribution in [0.2, 0.25) is 0 Å². The first-order valence-corrected chi connectivity index (χ1v) is 3.59. The molecule has 0 radical (unpaired) electrons. The van der Waals surface area contributed by atoms with Gasteiger partial charge in [-0.3, -0.25) is 0 Å². The molecule has 1 saturated carbocycles. The van der Waals surface area contributed by atoms with E-state index in [-0.39, 0.29) is 0 Å². The van der Waals surface area contributed by atoms with Crippen molar-refractivity contribution in [3.05, 3.63) is 0 Å². The lowest BCUT2D eigenvalue weighted by Crippen LogP contribution is -2.51. The standard InChI is InChI=1S/C7H14O2/c1-2-4-7(9)5-3-6(7)8/h6,8-9H,2-5H2,1H3. The van der Waals surface area contributed by atoms with Gasteiger partial charge in [0, 0.05) is 0 Å². The molecular weight excluding hydrogens is 116 g/mol. The minimum absolute atomic E-state index is 0.447. The molecule has 2 nitrogen and oxygen atoms in total. The van der Waals surface area contributed by atoms with Crippen molar-refractivity contribution < 1.29 is 10.2 Å². The zero-order valence-corrected chi connectivity index (χ0v) is 5.80. The first-order valence-electron chi connectivity index (χ1n) is 3.59. The monoisotopic (exact) mass is 130 g/mol. The predicted molar refractivity (Wildman–Crippen MR) is 35.1 cm³/mol. The van der Waals surface area contributed by atoms with Crippen LogP contribution in [0.3, 0.4) is 0 Å². The Morgan fingerprint density at radius 1 is 1.67 bits per heavy atom. The van der Waals surface area contributed by atoms with Crippen molar-refractivity contribution in [2.45, 2.75) is 44.3 Å². The lowest BCUT2D eigenvalue weighted by molar-refractivity contribution is -0.148. The Balaban J connectivity index is 2.34. The molecule has 1 aliphatic carbocycles. The molecule has 0 aromatic heterocycles. The largest absolute Gasteiger partial charge is 0.390 e. The van der Waals surface area contributed by atoms with Gasteiger partial charge in [0.05, 0.1) is 11.7 Å². The molecule has 0 spiro atoms. The maximum absolute atomic E-state index is 9.43. The van der Waals surface area contributed by atoms with E-state index in [0.717, 1.165) is 25.7 Å². The molecule has 54 valence electrons. The first-order chi connectivity index (χ1) is 4.19. The number of aliphatic hydroxyl groups is 2. The van der Waals surface area contributed by atoms with Crippen molar-refractivity contribution in [3.8, 4) is 0 Å². The third kappa shape index (κ3) is 1.10. The van der Waals surface area contributed by atoms with Gasteiger partial charge in [-0.1, -0.05) is 13.3 Å².